The highest BCUT2D eigenvalue weighted by atomic mass is 32.2. The molecule has 11 heteroatoms. The van der Waals surface area contributed by atoms with Gasteiger partial charge in [0.1, 0.15) is 5.76 Å². The molecule has 176 valence electrons. The summed E-state index contributed by atoms with van der Waals surface area (Å²) in [5.74, 6) is 1.20. The van der Waals surface area contributed by atoms with Gasteiger partial charge >= 0.3 is 0 Å². The van der Waals surface area contributed by atoms with E-state index in [-0.39, 0.29) is 10.8 Å². The summed E-state index contributed by atoms with van der Waals surface area (Å²) in [6, 6.07) is 8.15. The van der Waals surface area contributed by atoms with E-state index in [0.29, 0.717) is 29.8 Å². The number of anilines is 1. The molecule has 0 aliphatic carbocycles. The van der Waals surface area contributed by atoms with Gasteiger partial charge in [0.2, 0.25) is 15.9 Å². The first kappa shape index (κ1) is 23.5. The summed E-state index contributed by atoms with van der Waals surface area (Å²) in [7, 11) is -1.65. The topological polar surface area (TPSA) is 110 Å². The lowest BCUT2D eigenvalue weighted by Crippen LogP contribution is -2.35. The maximum absolute atomic E-state index is 12.8. The molecule has 2 aromatic heterocycles. The first-order valence-corrected chi connectivity index (χ1v) is 13.1. The van der Waals surface area contributed by atoms with E-state index in [4.69, 9.17) is 4.42 Å². The van der Waals surface area contributed by atoms with Gasteiger partial charge in [0.05, 0.1) is 22.0 Å². The minimum absolute atomic E-state index is 0.212. The Morgan fingerprint density at radius 3 is 2.45 bits per heavy atom. The summed E-state index contributed by atoms with van der Waals surface area (Å²) in [6.45, 7) is 4.75. The Labute approximate surface area is 197 Å². The average Bonchev–Trinajstić information content (AvgIpc) is 3.39. The number of aromatic nitrogens is 3. The van der Waals surface area contributed by atoms with E-state index in [9.17, 15) is 13.2 Å². The zero-order valence-corrected chi connectivity index (χ0v) is 20.4. The fraction of sp³-hybridized carbons (Fsp3) is 0.409. The summed E-state index contributed by atoms with van der Waals surface area (Å²) < 4.78 is 34.3. The van der Waals surface area contributed by atoms with Crippen molar-refractivity contribution in [2.75, 3.05) is 18.4 Å². The minimum atomic E-state index is -3.50. The Morgan fingerprint density at radius 2 is 1.82 bits per heavy atom. The molecule has 1 atom stereocenters. The average molecular weight is 490 g/mol. The summed E-state index contributed by atoms with van der Waals surface area (Å²) in [5, 5.41) is 11.4. The number of hydrogen-bond acceptors (Lipinski definition) is 7. The molecular formula is C22H27N5O4S2. The lowest BCUT2D eigenvalue weighted by molar-refractivity contribution is -0.115. The van der Waals surface area contributed by atoms with Gasteiger partial charge in [0.25, 0.3) is 0 Å². The van der Waals surface area contributed by atoms with Gasteiger partial charge in [0.15, 0.2) is 11.0 Å². The molecule has 3 heterocycles. The minimum Gasteiger partial charge on any atom is -0.469 e. The number of sulfonamides is 1. The summed E-state index contributed by atoms with van der Waals surface area (Å²) in [6.07, 6.45) is 4.44. The van der Waals surface area contributed by atoms with Crippen molar-refractivity contribution >= 4 is 33.4 Å². The van der Waals surface area contributed by atoms with Crippen molar-refractivity contribution in [1.82, 2.24) is 19.1 Å². The van der Waals surface area contributed by atoms with Gasteiger partial charge in [-0.15, -0.1) is 10.2 Å². The number of benzene rings is 1. The zero-order valence-electron chi connectivity index (χ0n) is 18.8. The van der Waals surface area contributed by atoms with Crippen molar-refractivity contribution < 1.29 is 17.6 Å². The molecule has 3 aromatic rings. The first-order valence-electron chi connectivity index (χ1n) is 10.8. The number of rotatable bonds is 7. The maximum atomic E-state index is 12.8. The molecule has 0 bridgehead atoms. The van der Waals surface area contributed by atoms with E-state index in [0.717, 1.165) is 30.6 Å². The summed E-state index contributed by atoms with van der Waals surface area (Å²) in [5.41, 5.74) is 1.39. The van der Waals surface area contributed by atoms with Crippen LogP contribution in [0.15, 0.2) is 51.1 Å². The summed E-state index contributed by atoms with van der Waals surface area (Å²) >= 11 is 1.29. The Hall–Kier alpha value is -2.63. The molecule has 9 nitrogen and oxygen atoms in total. The predicted octanol–water partition coefficient (Wildman–Crippen LogP) is 3.68. The van der Waals surface area contributed by atoms with Crippen LogP contribution in [0.5, 0.6) is 0 Å². The second-order valence-electron chi connectivity index (χ2n) is 7.99. The molecule has 1 saturated heterocycles. The monoisotopic (exact) mass is 489 g/mol. The fourth-order valence-electron chi connectivity index (χ4n) is 3.69. The number of aryl methyl sites for hydroxylation is 1. The zero-order chi connectivity index (χ0) is 23.6. The van der Waals surface area contributed by atoms with Crippen molar-refractivity contribution in [3.8, 4) is 11.4 Å². The van der Waals surface area contributed by atoms with Crippen molar-refractivity contribution in [3.05, 3.63) is 42.4 Å². The highest BCUT2D eigenvalue weighted by Crippen LogP contribution is 2.28. The van der Waals surface area contributed by atoms with Gasteiger partial charge < -0.3 is 14.3 Å². The standard InChI is InChI=1S/C22H27N5O4S2/c1-15-19(11-14-31-15)20-24-25-22(26(20)3)32-16(2)21(28)23-17-7-9-18(10-8-17)33(29,30)27-12-5-4-6-13-27/h7-11,14,16H,4-6,12-13H2,1-3H3,(H,23,28). The molecule has 0 radical (unpaired) electrons. The Bertz CT molecular complexity index is 1230. The predicted molar refractivity (Wildman–Crippen MR) is 126 cm³/mol. The van der Waals surface area contributed by atoms with Crippen LogP contribution < -0.4 is 5.32 Å². The molecule has 0 spiro atoms. The number of nitrogens with zero attached hydrogens (tertiary/aromatic N) is 4. The second-order valence-corrected chi connectivity index (χ2v) is 11.2. The van der Waals surface area contributed by atoms with E-state index in [1.807, 2.05) is 24.6 Å². The van der Waals surface area contributed by atoms with Crippen LogP contribution in [0.3, 0.4) is 0 Å². The van der Waals surface area contributed by atoms with Gasteiger partial charge in [-0.2, -0.15) is 4.31 Å². The van der Waals surface area contributed by atoms with Gasteiger partial charge in [-0.1, -0.05) is 18.2 Å². The fourth-order valence-corrected chi connectivity index (χ4v) is 6.02. The number of carbonyl (C=O) groups is 1. The third-order valence-electron chi connectivity index (χ3n) is 5.66. The van der Waals surface area contributed by atoms with E-state index < -0.39 is 15.3 Å². The number of hydrogen-bond donors (Lipinski definition) is 1. The quantitative estimate of drug-likeness (QED) is 0.504. The number of nitrogens with one attached hydrogen (secondary N) is 1. The molecule has 1 amide bonds. The van der Waals surface area contributed by atoms with Crippen LogP contribution in [0.1, 0.15) is 31.9 Å². The Morgan fingerprint density at radius 1 is 1.12 bits per heavy atom. The smallest absolute Gasteiger partial charge is 0.243 e. The van der Waals surface area contributed by atoms with Gasteiger partial charge in [-0.3, -0.25) is 4.79 Å². The molecule has 4 rings (SSSR count). The van der Waals surface area contributed by atoms with Crippen molar-refractivity contribution in [1.29, 1.82) is 0 Å². The summed E-state index contributed by atoms with van der Waals surface area (Å²) in [4.78, 5) is 13.0. The number of furan rings is 1. The van der Waals surface area contributed by atoms with Gasteiger partial charge in [-0.05, 0) is 57.0 Å². The maximum Gasteiger partial charge on any atom is 0.243 e. The molecule has 0 saturated carbocycles. The van der Waals surface area contributed by atoms with E-state index in [1.165, 1.54) is 16.1 Å². The normalized spacial score (nSPS) is 16.0. The molecule has 1 unspecified atom stereocenters. The largest absolute Gasteiger partial charge is 0.469 e. The Balaban J connectivity index is 1.39. The van der Waals surface area contributed by atoms with Crippen molar-refractivity contribution in [3.63, 3.8) is 0 Å². The van der Waals surface area contributed by atoms with Crippen LogP contribution in [0.4, 0.5) is 5.69 Å². The number of carbonyl (C=O) groups excluding carboxylic acids is 1. The third kappa shape index (κ3) is 4.99. The number of amides is 1. The van der Waals surface area contributed by atoms with E-state index in [1.54, 1.807) is 37.5 Å². The molecule has 1 aromatic carbocycles. The highest BCUT2D eigenvalue weighted by molar-refractivity contribution is 8.00. The van der Waals surface area contributed by atoms with Crippen LogP contribution >= 0.6 is 11.8 Å². The van der Waals surface area contributed by atoms with Gasteiger partial charge in [-0.25, -0.2) is 8.42 Å². The SMILES string of the molecule is Cc1occc1-c1nnc(SC(C)C(=O)Nc2ccc(S(=O)(=O)N3CCCCC3)cc2)n1C. The molecule has 1 aliphatic rings. The third-order valence-corrected chi connectivity index (χ3v) is 8.71. The first-order chi connectivity index (χ1) is 15.8. The van der Waals surface area contributed by atoms with Gasteiger partial charge in [0, 0.05) is 25.8 Å². The molecule has 1 N–H and O–H groups in total. The second kappa shape index (κ2) is 9.70. The van der Waals surface area contributed by atoms with Crippen LogP contribution in [-0.2, 0) is 21.9 Å². The molecule has 1 aliphatic heterocycles. The number of thioether (sulfide) groups is 1. The van der Waals surface area contributed by atoms with Crippen LogP contribution in [0, 0.1) is 6.92 Å². The highest BCUT2D eigenvalue weighted by Gasteiger charge is 2.26. The van der Waals surface area contributed by atoms with Crippen molar-refractivity contribution in [2.24, 2.45) is 7.05 Å². The number of piperidine rings is 1. The molecule has 33 heavy (non-hydrogen) atoms. The van der Waals surface area contributed by atoms with Crippen LogP contribution in [0.25, 0.3) is 11.4 Å². The molecule has 1 fully saturated rings. The Kier molecular flexibility index (Phi) is 6.91. The van der Waals surface area contributed by atoms with Crippen LogP contribution in [0.2, 0.25) is 0 Å². The lowest BCUT2D eigenvalue weighted by atomic mass is 10.2. The van der Waals surface area contributed by atoms with E-state index in [2.05, 4.69) is 15.5 Å². The molecular weight excluding hydrogens is 462 g/mol. The van der Waals surface area contributed by atoms with E-state index >= 15 is 0 Å². The van der Waals surface area contributed by atoms with Crippen molar-refractivity contribution in [2.45, 2.75) is 48.4 Å². The van der Waals surface area contributed by atoms with Crippen LogP contribution in [-0.4, -0.2) is 51.7 Å². The lowest BCUT2D eigenvalue weighted by Gasteiger charge is -2.25.